The van der Waals surface area contributed by atoms with Gasteiger partial charge in [0.1, 0.15) is 5.82 Å². The molecule has 10 nitrogen and oxygen atoms in total. The molecule has 0 unspecified atom stereocenters. The summed E-state index contributed by atoms with van der Waals surface area (Å²) >= 11 is 0. The highest BCUT2D eigenvalue weighted by atomic mass is 16.7. The van der Waals surface area contributed by atoms with Gasteiger partial charge in [-0.2, -0.15) is 0 Å². The molecule has 42 heavy (non-hydrogen) atoms. The Balaban J connectivity index is 1.56. The summed E-state index contributed by atoms with van der Waals surface area (Å²) in [4.78, 5) is 30.1. The number of tetrazole rings is 1. The number of esters is 2. The smallest absolute Gasteiger partial charge is 0.343 e. The molecule has 0 aliphatic rings. The van der Waals surface area contributed by atoms with Gasteiger partial charge in [-0.25, -0.2) is 14.9 Å². The van der Waals surface area contributed by atoms with Crippen molar-refractivity contribution >= 4 is 23.0 Å². The molecule has 3 aromatic carbocycles. The number of nitrogens with zero attached hydrogens (tertiary/aromatic N) is 5. The highest BCUT2D eigenvalue weighted by Gasteiger charge is 2.24. The van der Waals surface area contributed by atoms with Crippen LogP contribution in [0.3, 0.4) is 0 Å². The summed E-state index contributed by atoms with van der Waals surface area (Å²) in [6, 6.07) is 19.6. The number of imidazole rings is 1. The fraction of sp³-hybridized carbons (Fsp3) is 0.312. The minimum Gasteiger partial charge on any atom is -0.427 e. The largest absolute Gasteiger partial charge is 0.427 e. The number of aryl methyl sites for hydroxylation is 2. The van der Waals surface area contributed by atoms with E-state index in [0.717, 1.165) is 53.0 Å². The van der Waals surface area contributed by atoms with E-state index in [-0.39, 0.29) is 0 Å². The van der Waals surface area contributed by atoms with Crippen LogP contribution in [-0.4, -0.2) is 48.9 Å². The number of hydrogen-bond donors (Lipinski definition) is 1. The third-order valence-corrected chi connectivity index (χ3v) is 7.02. The van der Waals surface area contributed by atoms with Gasteiger partial charge in [-0.15, -0.1) is 5.10 Å². The summed E-state index contributed by atoms with van der Waals surface area (Å²) in [7, 11) is 0. The van der Waals surface area contributed by atoms with Crippen LogP contribution < -0.4 is 0 Å². The molecule has 2 heterocycles. The first-order valence-electron chi connectivity index (χ1n) is 14.0. The summed E-state index contributed by atoms with van der Waals surface area (Å²) in [5.41, 5.74) is 5.98. The van der Waals surface area contributed by atoms with E-state index in [2.05, 4.69) is 45.7 Å². The van der Waals surface area contributed by atoms with Crippen molar-refractivity contribution in [3.8, 4) is 28.2 Å². The normalized spacial score (nSPS) is 11.5. The van der Waals surface area contributed by atoms with Gasteiger partial charge in [0, 0.05) is 11.3 Å². The van der Waals surface area contributed by atoms with Gasteiger partial charge in [-0.3, -0.25) is 9.36 Å². The lowest BCUT2D eigenvalue weighted by atomic mass is 9.92. The van der Waals surface area contributed by atoms with Gasteiger partial charge in [0.2, 0.25) is 6.79 Å². The van der Waals surface area contributed by atoms with E-state index in [1.807, 2.05) is 41.8 Å². The highest BCUT2D eigenvalue weighted by molar-refractivity contribution is 6.03. The predicted molar refractivity (Wildman–Crippen MR) is 159 cm³/mol. The number of aromatic nitrogens is 6. The molecule has 216 valence electrons. The van der Waals surface area contributed by atoms with E-state index in [4.69, 9.17) is 14.5 Å². The van der Waals surface area contributed by atoms with Crippen LogP contribution in [0.5, 0.6) is 0 Å². The van der Waals surface area contributed by atoms with Crippen molar-refractivity contribution in [2.75, 3.05) is 6.79 Å². The molecule has 0 fully saturated rings. The van der Waals surface area contributed by atoms with Crippen molar-refractivity contribution in [1.82, 2.24) is 30.2 Å². The first kappa shape index (κ1) is 28.7. The zero-order valence-corrected chi connectivity index (χ0v) is 24.5. The number of para-hydroxylation sites is 1. The van der Waals surface area contributed by atoms with E-state index < -0.39 is 24.1 Å². The van der Waals surface area contributed by atoms with E-state index in [0.29, 0.717) is 22.4 Å². The van der Waals surface area contributed by atoms with Gasteiger partial charge < -0.3 is 9.47 Å². The Morgan fingerprint density at radius 1 is 0.952 bits per heavy atom. The number of hydrogen-bond acceptors (Lipinski definition) is 8. The molecular weight excluding hydrogens is 532 g/mol. The Labute approximate surface area is 244 Å². The molecule has 1 N–H and O–H groups in total. The first-order valence-corrected chi connectivity index (χ1v) is 14.0. The molecule has 2 aromatic heterocycles. The number of nitrogens with one attached hydrogen (secondary N) is 1. The maximum absolute atomic E-state index is 13.2. The number of carbonyl (C=O) groups is 2. The van der Waals surface area contributed by atoms with Crippen LogP contribution in [0, 0.1) is 12.3 Å². The van der Waals surface area contributed by atoms with Gasteiger partial charge in [0.25, 0.3) is 0 Å². The molecule has 0 aliphatic heterocycles. The number of aromatic amines is 1. The first-order chi connectivity index (χ1) is 20.2. The molecule has 0 saturated carbocycles. The standard InChI is InChI=1S/C32H34N6O4/c1-6-7-11-21-18-22(16-17-23(21)24-12-8-9-13-25(24)29-34-36-37-35-29)38-20(2)33-27-15-10-14-26(28(27)38)30(39)41-19-42-31(40)32(3,4)5/h8-10,12-18H,6-7,11,19H2,1-5H3,(H,34,35,36,37). The third-order valence-electron chi connectivity index (χ3n) is 7.02. The fourth-order valence-electron chi connectivity index (χ4n) is 4.91. The number of ether oxygens (including phenoxy) is 2. The van der Waals surface area contributed by atoms with E-state index in [1.54, 1.807) is 32.9 Å². The number of rotatable bonds is 9. The summed E-state index contributed by atoms with van der Waals surface area (Å²) in [5.74, 6) is 0.284. The van der Waals surface area contributed by atoms with Crippen molar-refractivity contribution in [3.05, 3.63) is 77.6 Å². The number of H-pyrrole nitrogens is 1. The zero-order chi connectivity index (χ0) is 29.9. The van der Waals surface area contributed by atoms with Crippen LogP contribution in [0.4, 0.5) is 0 Å². The van der Waals surface area contributed by atoms with Crippen LogP contribution in [0.2, 0.25) is 0 Å². The van der Waals surface area contributed by atoms with E-state index in [1.165, 1.54) is 0 Å². The van der Waals surface area contributed by atoms with Crippen molar-refractivity contribution < 1.29 is 19.1 Å². The number of benzene rings is 3. The Morgan fingerprint density at radius 2 is 1.74 bits per heavy atom. The van der Waals surface area contributed by atoms with Crippen LogP contribution >= 0.6 is 0 Å². The molecule has 5 aromatic rings. The summed E-state index contributed by atoms with van der Waals surface area (Å²) in [5, 5.41) is 14.5. The lowest BCUT2D eigenvalue weighted by Gasteiger charge is -2.17. The Hall–Kier alpha value is -4.86. The average molecular weight is 567 g/mol. The number of fused-ring (bicyclic) bond motifs is 1. The van der Waals surface area contributed by atoms with E-state index in [9.17, 15) is 9.59 Å². The molecule has 0 spiro atoms. The van der Waals surface area contributed by atoms with Crippen molar-refractivity contribution in [2.45, 2.75) is 53.9 Å². The van der Waals surface area contributed by atoms with Crippen molar-refractivity contribution in [3.63, 3.8) is 0 Å². The molecule has 5 rings (SSSR count). The van der Waals surface area contributed by atoms with Crippen molar-refractivity contribution in [1.29, 1.82) is 0 Å². The zero-order valence-electron chi connectivity index (χ0n) is 24.5. The Bertz CT molecular complexity index is 1730. The van der Waals surface area contributed by atoms with Gasteiger partial charge in [-0.05, 0) is 91.9 Å². The Morgan fingerprint density at radius 3 is 2.45 bits per heavy atom. The van der Waals surface area contributed by atoms with Crippen LogP contribution in [0.1, 0.15) is 62.3 Å². The van der Waals surface area contributed by atoms with Crippen molar-refractivity contribution in [2.24, 2.45) is 5.41 Å². The Kier molecular flexibility index (Phi) is 8.15. The van der Waals surface area contributed by atoms with Crippen LogP contribution in [0.15, 0.2) is 60.7 Å². The molecule has 0 saturated heterocycles. The topological polar surface area (TPSA) is 125 Å². The average Bonchev–Trinajstić information content (AvgIpc) is 3.63. The monoisotopic (exact) mass is 566 g/mol. The highest BCUT2D eigenvalue weighted by Crippen LogP contribution is 2.35. The second kappa shape index (κ2) is 11.9. The molecule has 0 radical (unpaired) electrons. The molecule has 10 heteroatoms. The van der Waals surface area contributed by atoms with Gasteiger partial charge in [-0.1, -0.05) is 49.7 Å². The molecule has 0 atom stereocenters. The van der Waals surface area contributed by atoms with Crippen LogP contribution in [0.25, 0.3) is 39.2 Å². The molecular formula is C32H34N6O4. The van der Waals surface area contributed by atoms with Gasteiger partial charge in [0.15, 0.2) is 5.82 Å². The third kappa shape index (κ3) is 5.79. The summed E-state index contributed by atoms with van der Waals surface area (Å²) in [6.45, 7) is 8.83. The predicted octanol–water partition coefficient (Wildman–Crippen LogP) is 6.23. The molecule has 0 bridgehead atoms. The van der Waals surface area contributed by atoms with E-state index >= 15 is 0 Å². The van der Waals surface area contributed by atoms with Gasteiger partial charge >= 0.3 is 11.9 Å². The second-order valence-corrected chi connectivity index (χ2v) is 11.1. The number of carbonyl (C=O) groups excluding carboxylic acids is 2. The maximum atomic E-state index is 13.2. The van der Waals surface area contributed by atoms with Crippen LogP contribution in [-0.2, 0) is 20.7 Å². The lowest BCUT2D eigenvalue weighted by molar-refractivity contribution is -0.161. The lowest BCUT2D eigenvalue weighted by Crippen LogP contribution is -2.24. The summed E-state index contributed by atoms with van der Waals surface area (Å²) in [6.07, 6.45) is 2.92. The van der Waals surface area contributed by atoms with Gasteiger partial charge in [0.05, 0.1) is 22.0 Å². The second-order valence-electron chi connectivity index (χ2n) is 11.1. The number of unbranched alkanes of at least 4 members (excludes halogenated alkanes) is 1. The minimum atomic E-state index is -0.698. The molecule has 0 amide bonds. The molecule has 0 aliphatic carbocycles. The summed E-state index contributed by atoms with van der Waals surface area (Å²) < 4.78 is 12.5. The fourth-order valence-corrected chi connectivity index (χ4v) is 4.91. The quantitative estimate of drug-likeness (QED) is 0.164. The minimum absolute atomic E-state index is 0.335. The SMILES string of the molecule is CCCCc1cc(-n2c(C)nc3cccc(C(=O)OCOC(=O)C(C)(C)C)c32)ccc1-c1ccccc1-c1nnn[nH]1. The maximum Gasteiger partial charge on any atom is 0.343 e.